The summed E-state index contributed by atoms with van der Waals surface area (Å²) >= 11 is 0. The summed E-state index contributed by atoms with van der Waals surface area (Å²) in [6.07, 6.45) is 14.7. The van der Waals surface area contributed by atoms with Crippen LogP contribution in [0, 0.1) is 11.8 Å². The summed E-state index contributed by atoms with van der Waals surface area (Å²) in [6.45, 7) is 1.14. The van der Waals surface area contributed by atoms with E-state index in [1.165, 1.54) is 37.2 Å². The zero-order valence-corrected chi connectivity index (χ0v) is 22.6. The average molecular weight is 521 g/mol. The molecular formula is C24H40O4S4. The molecule has 3 rings (SSSR count). The molecule has 0 radical (unpaired) electrons. The molecule has 2 atom stereocenters. The molecular weight excluding hydrogens is 481 g/mol. The molecule has 1 saturated carbocycles. The Labute approximate surface area is 210 Å². The molecule has 0 aromatic carbocycles. The van der Waals surface area contributed by atoms with Crippen molar-refractivity contribution in [2.75, 3.05) is 24.7 Å². The Morgan fingerprint density at radius 2 is 1.06 bits per heavy atom. The quantitative estimate of drug-likeness (QED) is 0.134. The molecule has 3 fully saturated rings. The van der Waals surface area contributed by atoms with E-state index in [0.717, 1.165) is 61.9 Å². The predicted octanol–water partition coefficient (Wildman–Crippen LogP) is 7.31. The van der Waals surface area contributed by atoms with Gasteiger partial charge in [-0.15, -0.1) is 0 Å². The summed E-state index contributed by atoms with van der Waals surface area (Å²) < 4.78 is 11.1. The lowest BCUT2D eigenvalue weighted by Crippen LogP contribution is -2.23. The summed E-state index contributed by atoms with van der Waals surface area (Å²) in [4.78, 5) is 24.0. The second-order valence-electron chi connectivity index (χ2n) is 9.40. The molecule has 2 aliphatic heterocycles. The number of ether oxygens (including phenoxy) is 2. The second kappa shape index (κ2) is 16.1. The van der Waals surface area contributed by atoms with Gasteiger partial charge in [0.15, 0.2) is 0 Å². The van der Waals surface area contributed by atoms with Crippen LogP contribution in [-0.2, 0) is 19.1 Å². The van der Waals surface area contributed by atoms with E-state index in [0.29, 0.717) is 37.9 Å². The highest BCUT2D eigenvalue weighted by molar-refractivity contribution is 8.77. The molecule has 0 N–H and O–H groups in total. The van der Waals surface area contributed by atoms with Crippen molar-refractivity contribution < 1.29 is 19.1 Å². The molecule has 2 saturated heterocycles. The third kappa shape index (κ3) is 11.2. The molecule has 0 bridgehead atoms. The van der Waals surface area contributed by atoms with Gasteiger partial charge in [-0.1, -0.05) is 56.0 Å². The standard InChI is InChI=1S/C24H40O4S4/c25-23(7-3-1-5-21-13-15-29-31-21)27-17-19-9-11-20(12-10-19)18-28-24(26)8-4-2-6-22-14-16-30-32-22/h19-22H,1-18H2. The highest BCUT2D eigenvalue weighted by atomic mass is 33.1. The summed E-state index contributed by atoms with van der Waals surface area (Å²) in [7, 11) is 7.99. The Bertz CT molecular complexity index is 494. The number of carbonyl (C=O) groups is 2. The van der Waals surface area contributed by atoms with Gasteiger partial charge in [0.1, 0.15) is 0 Å². The smallest absolute Gasteiger partial charge is 0.305 e. The van der Waals surface area contributed by atoms with Crippen molar-refractivity contribution >= 4 is 55.1 Å². The van der Waals surface area contributed by atoms with E-state index in [4.69, 9.17) is 9.47 Å². The van der Waals surface area contributed by atoms with Gasteiger partial charge >= 0.3 is 11.9 Å². The van der Waals surface area contributed by atoms with Crippen molar-refractivity contribution in [3.63, 3.8) is 0 Å². The van der Waals surface area contributed by atoms with Crippen LogP contribution in [0.5, 0.6) is 0 Å². The highest BCUT2D eigenvalue weighted by Gasteiger charge is 2.23. The minimum absolute atomic E-state index is 0.0280. The van der Waals surface area contributed by atoms with E-state index in [1.54, 1.807) is 0 Å². The van der Waals surface area contributed by atoms with Gasteiger partial charge < -0.3 is 9.47 Å². The van der Waals surface area contributed by atoms with Gasteiger partial charge in [-0.25, -0.2) is 0 Å². The van der Waals surface area contributed by atoms with Gasteiger partial charge in [0.25, 0.3) is 0 Å². The Morgan fingerprint density at radius 3 is 1.44 bits per heavy atom. The molecule has 184 valence electrons. The molecule has 0 spiro atoms. The maximum atomic E-state index is 12.0. The highest BCUT2D eigenvalue weighted by Crippen LogP contribution is 2.40. The molecule has 4 nitrogen and oxygen atoms in total. The number of rotatable bonds is 14. The summed E-state index contributed by atoms with van der Waals surface area (Å²) in [5.41, 5.74) is 0. The number of unbranched alkanes of at least 4 members (excludes halogenated alkanes) is 2. The number of carbonyl (C=O) groups excluding carboxylic acids is 2. The summed E-state index contributed by atoms with van der Waals surface area (Å²) in [6, 6.07) is 0. The van der Waals surface area contributed by atoms with Crippen molar-refractivity contribution in [3.05, 3.63) is 0 Å². The lowest BCUT2D eigenvalue weighted by molar-refractivity contribution is -0.147. The van der Waals surface area contributed by atoms with Crippen LogP contribution in [0.4, 0.5) is 0 Å². The molecule has 32 heavy (non-hydrogen) atoms. The fraction of sp³-hybridized carbons (Fsp3) is 0.917. The van der Waals surface area contributed by atoms with Crippen LogP contribution in [0.1, 0.15) is 89.9 Å². The first-order valence-corrected chi connectivity index (χ1v) is 17.3. The SMILES string of the molecule is O=C(CCCCC1CCSS1)OCC1CCC(COC(=O)CCCCC2CCSS2)CC1. The molecule has 2 unspecified atom stereocenters. The van der Waals surface area contributed by atoms with E-state index in [-0.39, 0.29) is 11.9 Å². The van der Waals surface area contributed by atoms with E-state index >= 15 is 0 Å². The van der Waals surface area contributed by atoms with Crippen LogP contribution in [0.25, 0.3) is 0 Å². The van der Waals surface area contributed by atoms with E-state index in [2.05, 4.69) is 0 Å². The maximum absolute atomic E-state index is 12.0. The first-order valence-electron chi connectivity index (χ1n) is 12.6. The predicted molar refractivity (Wildman–Crippen MR) is 141 cm³/mol. The minimum Gasteiger partial charge on any atom is -0.465 e. The van der Waals surface area contributed by atoms with Gasteiger partial charge in [-0.3, -0.25) is 9.59 Å². The van der Waals surface area contributed by atoms with Crippen molar-refractivity contribution in [1.29, 1.82) is 0 Å². The molecule has 0 aromatic heterocycles. The van der Waals surface area contributed by atoms with Crippen LogP contribution in [0.15, 0.2) is 0 Å². The van der Waals surface area contributed by atoms with Gasteiger partial charge in [0, 0.05) is 34.8 Å². The molecule has 2 heterocycles. The maximum Gasteiger partial charge on any atom is 0.305 e. The topological polar surface area (TPSA) is 52.6 Å². The molecule has 0 amide bonds. The van der Waals surface area contributed by atoms with Gasteiger partial charge in [-0.2, -0.15) is 0 Å². The van der Waals surface area contributed by atoms with Gasteiger partial charge in [0.05, 0.1) is 13.2 Å². The lowest BCUT2D eigenvalue weighted by Gasteiger charge is -2.27. The Hall–Kier alpha value is 0.340. The van der Waals surface area contributed by atoms with Crippen molar-refractivity contribution in [2.45, 2.75) is 100 Å². The van der Waals surface area contributed by atoms with Crippen LogP contribution in [-0.4, -0.2) is 47.2 Å². The lowest BCUT2D eigenvalue weighted by atomic mass is 9.83. The fourth-order valence-corrected chi connectivity index (χ4v) is 10.6. The van der Waals surface area contributed by atoms with E-state index in [1.807, 2.05) is 43.2 Å². The van der Waals surface area contributed by atoms with E-state index < -0.39 is 0 Å². The number of hydrogen-bond donors (Lipinski definition) is 0. The Morgan fingerprint density at radius 1 is 0.625 bits per heavy atom. The van der Waals surface area contributed by atoms with Crippen LogP contribution >= 0.6 is 43.2 Å². The fourth-order valence-electron chi connectivity index (χ4n) is 4.54. The molecule has 0 aromatic rings. The normalized spacial score (nSPS) is 28.0. The average Bonchev–Trinajstić information content (AvgIpc) is 3.52. The van der Waals surface area contributed by atoms with Crippen LogP contribution in [0.2, 0.25) is 0 Å². The van der Waals surface area contributed by atoms with E-state index in [9.17, 15) is 9.59 Å². The third-order valence-corrected chi connectivity index (χ3v) is 12.7. The van der Waals surface area contributed by atoms with Crippen molar-refractivity contribution in [1.82, 2.24) is 0 Å². The first-order chi connectivity index (χ1) is 15.7. The Balaban J connectivity index is 1.13. The van der Waals surface area contributed by atoms with Gasteiger partial charge in [0.2, 0.25) is 0 Å². The first kappa shape index (κ1) is 26.9. The largest absolute Gasteiger partial charge is 0.465 e. The minimum atomic E-state index is -0.0280. The number of hydrogen-bond acceptors (Lipinski definition) is 8. The van der Waals surface area contributed by atoms with Crippen molar-refractivity contribution in [2.24, 2.45) is 11.8 Å². The van der Waals surface area contributed by atoms with Gasteiger partial charge in [-0.05, 0) is 76.0 Å². The summed E-state index contributed by atoms with van der Waals surface area (Å²) in [5.74, 6) is 3.45. The monoisotopic (exact) mass is 520 g/mol. The number of esters is 2. The molecule has 8 heteroatoms. The zero-order valence-electron chi connectivity index (χ0n) is 19.3. The Kier molecular flexibility index (Phi) is 13.5. The van der Waals surface area contributed by atoms with Crippen LogP contribution < -0.4 is 0 Å². The summed E-state index contributed by atoms with van der Waals surface area (Å²) in [5, 5.41) is 1.59. The second-order valence-corrected chi connectivity index (χ2v) is 15.0. The van der Waals surface area contributed by atoms with Crippen molar-refractivity contribution in [3.8, 4) is 0 Å². The van der Waals surface area contributed by atoms with Crippen LogP contribution in [0.3, 0.4) is 0 Å². The zero-order chi connectivity index (χ0) is 22.4. The molecule has 3 aliphatic rings. The third-order valence-electron chi connectivity index (χ3n) is 6.69. The molecule has 1 aliphatic carbocycles.